The number of benzene rings is 1. The average Bonchev–Trinajstić information content (AvgIpc) is 3.49. The van der Waals surface area contributed by atoms with Crippen LogP contribution in [0.5, 0.6) is 0 Å². The Hall–Kier alpha value is -2.96. The number of aromatic nitrogens is 2. The van der Waals surface area contributed by atoms with Gasteiger partial charge in [-0.2, -0.15) is 11.3 Å². The second kappa shape index (κ2) is 9.04. The number of H-pyrrole nitrogens is 1. The fourth-order valence-corrected chi connectivity index (χ4v) is 5.02. The number of hydrogen-bond acceptors (Lipinski definition) is 4. The Labute approximate surface area is 186 Å². The predicted octanol–water partition coefficient (Wildman–Crippen LogP) is 5.30. The number of fused-ring (bicyclic) bond motifs is 1. The molecule has 6 heteroatoms. The van der Waals surface area contributed by atoms with Gasteiger partial charge in [-0.1, -0.05) is 30.3 Å². The summed E-state index contributed by atoms with van der Waals surface area (Å²) in [5.74, 6) is 0.985. The van der Waals surface area contributed by atoms with Gasteiger partial charge in [-0.15, -0.1) is 0 Å². The number of rotatable bonds is 6. The third-order valence-corrected chi connectivity index (χ3v) is 6.85. The number of piperidine rings is 1. The van der Waals surface area contributed by atoms with Gasteiger partial charge in [0.2, 0.25) is 0 Å². The number of nitrogens with zero attached hydrogens (tertiary/aromatic N) is 2. The Balaban J connectivity index is 1.23. The molecule has 0 unspecified atom stereocenters. The number of hydrogen-bond donors (Lipinski definition) is 2. The smallest absolute Gasteiger partial charge is 0.257 e. The molecule has 4 heterocycles. The van der Waals surface area contributed by atoms with Crippen LogP contribution in [0.15, 0.2) is 65.5 Å². The number of carbonyl (C=O) groups is 1. The lowest BCUT2D eigenvalue weighted by molar-refractivity contribution is 0.102. The van der Waals surface area contributed by atoms with E-state index in [9.17, 15) is 4.79 Å². The number of carbonyl (C=O) groups excluding carboxylic acids is 1. The molecule has 0 aliphatic carbocycles. The van der Waals surface area contributed by atoms with Gasteiger partial charge in [-0.3, -0.25) is 4.79 Å². The van der Waals surface area contributed by atoms with Crippen LogP contribution < -0.4 is 5.32 Å². The van der Waals surface area contributed by atoms with Crippen LogP contribution in [0.2, 0.25) is 0 Å². The Kier molecular flexibility index (Phi) is 5.82. The van der Waals surface area contributed by atoms with Gasteiger partial charge in [0, 0.05) is 18.1 Å². The molecule has 1 aliphatic heterocycles. The third-order valence-electron chi connectivity index (χ3n) is 6.16. The van der Waals surface area contributed by atoms with Crippen molar-refractivity contribution < 1.29 is 4.79 Å². The Morgan fingerprint density at radius 2 is 1.97 bits per heavy atom. The van der Waals surface area contributed by atoms with Crippen molar-refractivity contribution in [1.82, 2.24) is 14.9 Å². The SMILES string of the molecule is O=C(Nc1ccc2[nH]cc(C3CCN(CCc4ccccc4)CC3)c2n1)c1ccsc1. The molecule has 3 aromatic heterocycles. The van der Waals surface area contributed by atoms with Crippen LogP contribution in [0.25, 0.3) is 11.0 Å². The first kappa shape index (κ1) is 20.0. The summed E-state index contributed by atoms with van der Waals surface area (Å²) in [7, 11) is 0. The van der Waals surface area contributed by atoms with E-state index in [2.05, 4.69) is 51.7 Å². The van der Waals surface area contributed by atoms with Gasteiger partial charge in [0.25, 0.3) is 5.91 Å². The van der Waals surface area contributed by atoms with Crippen molar-refractivity contribution in [1.29, 1.82) is 0 Å². The molecule has 2 N–H and O–H groups in total. The largest absolute Gasteiger partial charge is 0.360 e. The van der Waals surface area contributed by atoms with Crippen LogP contribution in [0, 0.1) is 0 Å². The molecule has 4 aromatic rings. The zero-order valence-corrected chi connectivity index (χ0v) is 18.2. The highest BCUT2D eigenvalue weighted by molar-refractivity contribution is 7.08. The highest BCUT2D eigenvalue weighted by atomic mass is 32.1. The summed E-state index contributed by atoms with van der Waals surface area (Å²) in [4.78, 5) is 23.1. The fraction of sp³-hybridized carbons (Fsp3) is 0.280. The Morgan fingerprint density at radius 3 is 2.74 bits per heavy atom. The van der Waals surface area contributed by atoms with E-state index < -0.39 is 0 Å². The van der Waals surface area contributed by atoms with Gasteiger partial charge < -0.3 is 15.2 Å². The van der Waals surface area contributed by atoms with Crippen LogP contribution in [0.1, 0.15) is 40.2 Å². The number of nitrogens with one attached hydrogen (secondary N) is 2. The summed E-state index contributed by atoms with van der Waals surface area (Å²) in [5.41, 5.74) is 5.34. The molecule has 1 aromatic carbocycles. The first-order chi connectivity index (χ1) is 15.3. The normalized spacial score (nSPS) is 15.4. The van der Waals surface area contributed by atoms with Crippen LogP contribution in [-0.2, 0) is 6.42 Å². The molecule has 0 spiro atoms. The topological polar surface area (TPSA) is 61.0 Å². The standard InChI is InChI=1S/C25H26N4OS/c30-25(20-11-15-31-17-20)28-23-7-6-22-24(27-23)21(16-26-22)19-9-13-29(14-10-19)12-8-18-4-2-1-3-5-18/h1-7,11,15-17,19,26H,8-10,12-14H2,(H,27,28,30). The quantitative estimate of drug-likeness (QED) is 0.436. The minimum atomic E-state index is -0.114. The Morgan fingerprint density at radius 1 is 1.13 bits per heavy atom. The van der Waals surface area contributed by atoms with Gasteiger partial charge in [-0.25, -0.2) is 4.98 Å². The zero-order chi connectivity index (χ0) is 21.0. The van der Waals surface area contributed by atoms with E-state index in [0.29, 0.717) is 17.3 Å². The minimum Gasteiger partial charge on any atom is -0.360 e. The van der Waals surface area contributed by atoms with Crippen LogP contribution in [-0.4, -0.2) is 40.4 Å². The fourth-order valence-electron chi connectivity index (χ4n) is 4.38. The zero-order valence-electron chi connectivity index (χ0n) is 17.4. The molecule has 0 radical (unpaired) electrons. The monoisotopic (exact) mass is 430 g/mol. The lowest BCUT2D eigenvalue weighted by Gasteiger charge is -2.31. The van der Waals surface area contributed by atoms with Gasteiger partial charge in [-0.05, 0) is 73.0 Å². The van der Waals surface area contributed by atoms with Gasteiger partial charge in [0.15, 0.2) is 0 Å². The molecule has 1 aliphatic rings. The highest BCUT2D eigenvalue weighted by Crippen LogP contribution is 2.33. The maximum Gasteiger partial charge on any atom is 0.257 e. The second-order valence-electron chi connectivity index (χ2n) is 8.15. The van der Waals surface area contributed by atoms with E-state index in [1.807, 2.05) is 29.0 Å². The van der Waals surface area contributed by atoms with Crippen molar-refractivity contribution in [3.05, 3.63) is 82.2 Å². The van der Waals surface area contributed by atoms with Crippen molar-refractivity contribution in [2.24, 2.45) is 0 Å². The Bertz CT molecular complexity index is 1140. The van der Waals surface area contributed by atoms with Gasteiger partial charge in [0.1, 0.15) is 5.82 Å². The number of anilines is 1. The number of aromatic amines is 1. The maximum atomic E-state index is 12.4. The number of likely N-dealkylation sites (tertiary alicyclic amines) is 1. The highest BCUT2D eigenvalue weighted by Gasteiger charge is 2.23. The molecule has 5 nitrogen and oxygen atoms in total. The van der Waals surface area contributed by atoms with E-state index in [1.165, 1.54) is 22.5 Å². The molecule has 158 valence electrons. The molecule has 1 amide bonds. The number of pyridine rings is 1. The molecule has 0 bridgehead atoms. The first-order valence-corrected chi connectivity index (χ1v) is 11.8. The lowest BCUT2D eigenvalue weighted by atomic mass is 9.90. The van der Waals surface area contributed by atoms with Crippen LogP contribution >= 0.6 is 11.3 Å². The maximum absolute atomic E-state index is 12.4. The summed E-state index contributed by atoms with van der Waals surface area (Å²) < 4.78 is 0. The van der Waals surface area contributed by atoms with E-state index in [4.69, 9.17) is 4.98 Å². The summed E-state index contributed by atoms with van der Waals surface area (Å²) >= 11 is 1.52. The molecular formula is C25H26N4OS. The van der Waals surface area contributed by atoms with Crippen molar-refractivity contribution in [3.8, 4) is 0 Å². The summed E-state index contributed by atoms with van der Waals surface area (Å²) in [6, 6.07) is 16.4. The first-order valence-electron chi connectivity index (χ1n) is 10.8. The minimum absolute atomic E-state index is 0.114. The predicted molar refractivity (Wildman–Crippen MR) is 127 cm³/mol. The summed E-state index contributed by atoms with van der Waals surface area (Å²) in [6.07, 6.45) is 5.48. The van der Waals surface area contributed by atoms with E-state index in [-0.39, 0.29) is 5.91 Å². The number of amides is 1. The van der Waals surface area contributed by atoms with Crippen molar-refractivity contribution in [2.45, 2.75) is 25.2 Å². The van der Waals surface area contributed by atoms with Gasteiger partial charge >= 0.3 is 0 Å². The summed E-state index contributed by atoms with van der Waals surface area (Å²) in [6.45, 7) is 3.33. The van der Waals surface area contributed by atoms with Crippen molar-refractivity contribution in [3.63, 3.8) is 0 Å². The van der Waals surface area contributed by atoms with E-state index >= 15 is 0 Å². The summed E-state index contributed by atoms with van der Waals surface area (Å²) in [5, 5.41) is 6.68. The third kappa shape index (κ3) is 4.55. The van der Waals surface area contributed by atoms with E-state index in [1.54, 1.807) is 0 Å². The van der Waals surface area contributed by atoms with Crippen molar-refractivity contribution >= 4 is 34.1 Å². The number of thiophene rings is 1. The second-order valence-corrected chi connectivity index (χ2v) is 8.93. The van der Waals surface area contributed by atoms with Crippen molar-refractivity contribution in [2.75, 3.05) is 25.0 Å². The lowest BCUT2D eigenvalue weighted by Crippen LogP contribution is -2.34. The van der Waals surface area contributed by atoms with E-state index in [0.717, 1.165) is 49.9 Å². The molecule has 1 saturated heterocycles. The van der Waals surface area contributed by atoms with Crippen LogP contribution in [0.3, 0.4) is 0 Å². The molecule has 0 atom stereocenters. The molecular weight excluding hydrogens is 404 g/mol. The molecule has 1 fully saturated rings. The molecule has 5 rings (SSSR count). The van der Waals surface area contributed by atoms with Crippen LogP contribution in [0.4, 0.5) is 5.82 Å². The van der Waals surface area contributed by atoms with Gasteiger partial charge in [0.05, 0.1) is 16.6 Å². The average molecular weight is 431 g/mol. The molecule has 0 saturated carbocycles. The molecule has 31 heavy (non-hydrogen) atoms.